The lowest BCUT2D eigenvalue weighted by molar-refractivity contribution is -0.115. The van der Waals surface area contributed by atoms with Gasteiger partial charge in [-0.3, -0.25) is 9.59 Å². The Morgan fingerprint density at radius 1 is 1.40 bits per heavy atom. The number of hydrogen-bond donors (Lipinski definition) is 2. The minimum Gasteiger partial charge on any atom is -0.349 e. The van der Waals surface area contributed by atoms with Gasteiger partial charge < -0.3 is 10.6 Å². The van der Waals surface area contributed by atoms with Crippen molar-refractivity contribution in [1.82, 2.24) is 5.32 Å². The lowest BCUT2D eigenvalue weighted by Crippen LogP contribution is -2.34. The van der Waals surface area contributed by atoms with Crippen molar-refractivity contribution in [1.29, 1.82) is 0 Å². The molecule has 0 spiro atoms. The van der Waals surface area contributed by atoms with Crippen molar-refractivity contribution >= 4 is 29.3 Å². The molecule has 1 unspecified atom stereocenters. The molecule has 0 fully saturated rings. The van der Waals surface area contributed by atoms with Gasteiger partial charge in [0.1, 0.15) is 0 Å². The summed E-state index contributed by atoms with van der Waals surface area (Å²) in [6.45, 7) is 5.98. The van der Waals surface area contributed by atoms with E-state index in [1.165, 1.54) is 11.8 Å². The third-order valence-electron chi connectivity index (χ3n) is 3.49. The molecule has 108 valence electrons. The van der Waals surface area contributed by atoms with E-state index in [2.05, 4.69) is 24.5 Å². The topological polar surface area (TPSA) is 58.2 Å². The van der Waals surface area contributed by atoms with E-state index in [1.807, 2.05) is 19.1 Å². The van der Waals surface area contributed by atoms with Gasteiger partial charge >= 0.3 is 0 Å². The number of carbonyl (C=O) groups is 2. The lowest BCUT2D eigenvalue weighted by Gasteiger charge is -2.22. The van der Waals surface area contributed by atoms with Crippen molar-refractivity contribution in [2.75, 3.05) is 5.32 Å². The summed E-state index contributed by atoms with van der Waals surface area (Å²) in [5.41, 5.74) is 1.32. The molecule has 5 heteroatoms. The Hall–Kier alpha value is -1.49. The average molecular weight is 292 g/mol. The molecule has 20 heavy (non-hydrogen) atoms. The summed E-state index contributed by atoms with van der Waals surface area (Å²) in [7, 11) is 0. The number of fused-ring (bicyclic) bond motifs is 1. The fourth-order valence-electron chi connectivity index (χ4n) is 2.11. The van der Waals surface area contributed by atoms with E-state index in [0.29, 0.717) is 5.56 Å². The van der Waals surface area contributed by atoms with Crippen LogP contribution in [-0.2, 0) is 4.79 Å². The van der Waals surface area contributed by atoms with Crippen LogP contribution in [0, 0.1) is 0 Å². The molecular weight excluding hydrogens is 272 g/mol. The monoisotopic (exact) mass is 292 g/mol. The summed E-state index contributed by atoms with van der Waals surface area (Å²) in [6.07, 6.45) is 1.83. The first-order valence-electron chi connectivity index (χ1n) is 6.97. The maximum Gasteiger partial charge on any atom is 0.251 e. The first-order valence-corrected chi connectivity index (χ1v) is 7.85. The third kappa shape index (κ3) is 3.15. The number of carbonyl (C=O) groups excluding carboxylic acids is 2. The second-order valence-electron chi connectivity index (χ2n) is 4.95. The molecule has 1 aromatic rings. The Labute approximate surface area is 123 Å². The van der Waals surface area contributed by atoms with Crippen LogP contribution in [0.15, 0.2) is 23.1 Å². The van der Waals surface area contributed by atoms with Crippen molar-refractivity contribution in [3.63, 3.8) is 0 Å². The molecular formula is C15H20N2O2S. The van der Waals surface area contributed by atoms with E-state index < -0.39 is 0 Å². The number of hydrogen-bond acceptors (Lipinski definition) is 3. The van der Waals surface area contributed by atoms with E-state index in [0.717, 1.165) is 23.4 Å². The van der Waals surface area contributed by atoms with Crippen LogP contribution in [0.5, 0.6) is 0 Å². The van der Waals surface area contributed by atoms with Crippen molar-refractivity contribution in [3.05, 3.63) is 23.8 Å². The molecule has 2 N–H and O–H groups in total. The summed E-state index contributed by atoms with van der Waals surface area (Å²) in [4.78, 5) is 24.9. The van der Waals surface area contributed by atoms with Crippen LogP contribution in [0.1, 0.15) is 44.0 Å². The molecule has 1 aliphatic rings. The van der Waals surface area contributed by atoms with Crippen LogP contribution >= 0.6 is 11.8 Å². The number of thioether (sulfide) groups is 1. The van der Waals surface area contributed by atoms with E-state index in [9.17, 15) is 9.59 Å². The zero-order valence-corrected chi connectivity index (χ0v) is 12.8. The third-order valence-corrected chi connectivity index (χ3v) is 4.67. The van der Waals surface area contributed by atoms with Gasteiger partial charge in [0.25, 0.3) is 5.91 Å². The number of amides is 2. The fraction of sp³-hybridized carbons (Fsp3) is 0.467. The fourth-order valence-corrected chi connectivity index (χ4v) is 3.04. The maximum atomic E-state index is 12.2. The normalized spacial score (nSPS) is 17.6. The van der Waals surface area contributed by atoms with E-state index in [4.69, 9.17) is 0 Å². The zero-order valence-electron chi connectivity index (χ0n) is 12.0. The minimum atomic E-state index is -0.0910. The van der Waals surface area contributed by atoms with Gasteiger partial charge in [0.15, 0.2) is 0 Å². The Morgan fingerprint density at radius 2 is 2.10 bits per heavy atom. The summed E-state index contributed by atoms with van der Waals surface area (Å²) in [6, 6.07) is 5.66. The van der Waals surface area contributed by atoms with Gasteiger partial charge in [0, 0.05) is 16.5 Å². The zero-order chi connectivity index (χ0) is 14.7. The second kappa shape index (κ2) is 6.31. The SMILES string of the molecule is CCC(CC)NC(=O)c1ccc2c(c1)NC(=O)C(C)S2. The number of rotatable bonds is 4. The van der Waals surface area contributed by atoms with Crippen molar-refractivity contribution < 1.29 is 9.59 Å². The highest BCUT2D eigenvalue weighted by atomic mass is 32.2. The highest BCUT2D eigenvalue weighted by Gasteiger charge is 2.23. The molecule has 2 amide bonds. The number of benzene rings is 1. The van der Waals surface area contributed by atoms with Gasteiger partial charge in [-0.25, -0.2) is 0 Å². The van der Waals surface area contributed by atoms with Gasteiger partial charge in [0.05, 0.1) is 10.9 Å². The molecule has 0 saturated carbocycles. The van der Waals surface area contributed by atoms with Crippen LogP contribution in [0.2, 0.25) is 0 Å². The summed E-state index contributed by atoms with van der Waals surface area (Å²) < 4.78 is 0. The second-order valence-corrected chi connectivity index (χ2v) is 6.33. The Morgan fingerprint density at radius 3 is 2.75 bits per heavy atom. The smallest absolute Gasteiger partial charge is 0.251 e. The van der Waals surface area contributed by atoms with E-state index in [1.54, 1.807) is 6.07 Å². The predicted octanol–water partition coefficient (Wildman–Crippen LogP) is 3.04. The highest BCUT2D eigenvalue weighted by Crippen LogP contribution is 2.35. The number of anilines is 1. The molecule has 0 radical (unpaired) electrons. The molecule has 1 aliphatic heterocycles. The summed E-state index contributed by atoms with van der Waals surface area (Å²) in [5.74, 6) is -0.0978. The van der Waals surface area contributed by atoms with E-state index in [-0.39, 0.29) is 23.1 Å². The van der Waals surface area contributed by atoms with Crippen LogP contribution < -0.4 is 10.6 Å². The largest absolute Gasteiger partial charge is 0.349 e. The average Bonchev–Trinajstić information content (AvgIpc) is 2.45. The predicted molar refractivity (Wildman–Crippen MR) is 82.2 cm³/mol. The lowest BCUT2D eigenvalue weighted by atomic mass is 10.1. The number of nitrogens with one attached hydrogen (secondary N) is 2. The standard InChI is InChI=1S/C15H20N2O2S/c1-4-11(5-2)16-15(19)10-6-7-13-12(8-10)17-14(18)9(3)20-13/h6-9,11H,4-5H2,1-3H3,(H,16,19)(H,17,18). The Kier molecular flexibility index (Phi) is 4.70. The quantitative estimate of drug-likeness (QED) is 0.896. The summed E-state index contributed by atoms with van der Waals surface area (Å²) in [5, 5.41) is 5.76. The Balaban J connectivity index is 2.17. The first kappa shape index (κ1) is 14.9. The summed E-state index contributed by atoms with van der Waals surface area (Å²) >= 11 is 1.52. The molecule has 1 aromatic carbocycles. The van der Waals surface area contributed by atoms with Gasteiger partial charge in [-0.15, -0.1) is 11.8 Å². The van der Waals surface area contributed by atoms with Crippen molar-refractivity contribution in [2.24, 2.45) is 0 Å². The molecule has 0 bridgehead atoms. The van der Waals surface area contributed by atoms with Gasteiger partial charge in [-0.1, -0.05) is 13.8 Å². The first-order chi connectivity index (χ1) is 9.55. The van der Waals surface area contributed by atoms with Gasteiger partial charge in [0.2, 0.25) is 5.91 Å². The molecule has 0 aromatic heterocycles. The molecule has 1 atom stereocenters. The molecule has 4 nitrogen and oxygen atoms in total. The molecule has 1 heterocycles. The minimum absolute atomic E-state index is 0.0138. The van der Waals surface area contributed by atoms with E-state index >= 15 is 0 Å². The van der Waals surface area contributed by atoms with Crippen LogP contribution in [0.25, 0.3) is 0 Å². The maximum absolute atomic E-state index is 12.2. The van der Waals surface area contributed by atoms with Crippen LogP contribution in [0.3, 0.4) is 0 Å². The molecule has 0 saturated heterocycles. The molecule has 2 rings (SSSR count). The van der Waals surface area contributed by atoms with Crippen LogP contribution in [0.4, 0.5) is 5.69 Å². The van der Waals surface area contributed by atoms with Crippen molar-refractivity contribution in [3.8, 4) is 0 Å². The molecule has 0 aliphatic carbocycles. The van der Waals surface area contributed by atoms with Crippen molar-refractivity contribution in [2.45, 2.75) is 49.8 Å². The van der Waals surface area contributed by atoms with Gasteiger partial charge in [-0.05, 0) is 38.0 Å². The van der Waals surface area contributed by atoms with Gasteiger partial charge in [-0.2, -0.15) is 0 Å². The highest BCUT2D eigenvalue weighted by molar-refractivity contribution is 8.00. The van der Waals surface area contributed by atoms with Crippen LogP contribution in [-0.4, -0.2) is 23.1 Å². The Bertz CT molecular complexity index is 527.